The second-order valence-corrected chi connectivity index (χ2v) is 7.51. The van der Waals surface area contributed by atoms with Gasteiger partial charge in [0.05, 0.1) is 30.6 Å². The largest absolute Gasteiger partial charge is 1.00 e. The van der Waals surface area contributed by atoms with Gasteiger partial charge < -0.3 is 19.4 Å². The number of amides is 1. The first-order chi connectivity index (χ1) is 14.5. The number of benzene rings is 2. The molecule has 1 fully saturated rings. The van der Waals surface area contributed by atoms with E-state index in [4.69, 9.17) is 9.47 Å². The van der Waals surface area contributed by atoms with Gasteiger partial charge in [0.2, 0.25) is 0 Å². The molecule has 1 aliphatic rings. The van der Waals surface area contributed by atoms with Gasteiger partial charge in [-0.25, -0.2) is 14.1 Å². The van der Waals surface area contributed by atoms with Gasteiger partial charge in [0, 0.05) is 6.61 Å². The normalized spacial score (nSPS) is 18.0. The Kier molecular flexibility index (Phi) is 10.5. The monoisotopic (exact) mass is 437 g/mol. The predicted octanol–water partition coefficient (Wildman–Crippen LogP) is 0.677. The minimum absolute atomic E-state index is 0. The van der Waals surface area contributed by atoms with Crippen molar-refractivity contribution in [2.24, 2.45) is 11.8 Å². The van der Waals surface area contributed by atoms with E-state index >= 15 is 0 Å². The summed E-state index contributed by atoms with van der Waals surface area (Å²) < 4.78 is 24.5. The number of carboxylic acids is 1. The van der Waals surface area contributed by atoms with E-state index < -0.39 is 24.5 Å². The Bertz CT molecular complexity index is 851. The molecule has 3 rings (SSSR count). The molecule has 0 radical (unpaired) electrons. The van der Waals surface area contributed by atoms with Gasteiger partial charge in [0.1, 0.15) is 5.82 Å². The number of anilines is 2. The maximum Gasteiger partial charge on any atom is 1.00 e. The summed E-state index contributed by atoms with van der Waals surface area (Å²) in [5.74, 6) is -1.26. The zero-order chi connectivity index (χ0) is 21.3. The van der Waals surface area contributed by atoms with Gasteiger partial charge in [-0.05, 0) is 61.4 Å². The average molecular weight is 437 g/mol. The number of halogens is 1. The second-order valence-electron chi connectivity index (χ2n) is 7.51. The molecule has 0 aliphatic heterocycles. The smallest absolute Gasteiger partial charge is 0.548 e. The minimum Gasteiger partial charge on any atom is -0.548 e. The van der Waals surface area contributed by atoms with E-state index in [1.54, 1.807) is 36.4 Å². The summed E-state index contributed by atoms with van der Waals surface area (Å²) in [6.45, 7) is 0.197. The number of hydrogen-bond acceptors (Lipinski definition) is 5. The Morgan fingerprint density at radius 3 is 2.35 bits per heavy atom. The van der Waals surface area contributed by atoms with Crippen LogP contribution in [0.2, 0.25) is 0 Å². The van der Waals surface area contributed by atoms with Crippen LogP contribution in [0.1, 0.15) is 25.7 Å². The van der Waals surface area contributed by atoms with Gasteiger partial charge in [-0.1, -0.05) is 30.7 Å². The number of carbonyl (C=O) groups is 2. The van der Waals surface area contributed by atoms with Crippen LogP contribution in [0.4, 0.5) is 20.6 Å². The van der Waals surface area contributed by atoms with Crippen molar-refractivity contribution in [1.82, 2.24) is 0 Å². The van der Waals surface area contributed by atoms with E-state index in [2.05, 4.69) is 0 Å². The summed E-state index contributed by atoms with van der Waals surface area (Å²) in [4.78, 5) is 24.7. The van der Waals surface area contributed by atoms with Crippen molar-refractivity contribution in [2.75, 3.05) is 24.7 Å². The Morgan fingerprint density at radius 1 is 1.00 bits per heavy atom. The number of para-hydroxylation sites is 1. The number of rotatable bonds is 8. The van der Waals surface area contributed by atoms with Crippen molar-refractivity contribution in [2.45, 2.75) is 25.7 Å². The standard InChI is InChI=1S/C23H26FNO5.Na/c24-19-8-5-11-21(13-19)25(20-9-2-1-3-10-20)23(28)30-15-18-7-4-6-17(12-18)14-29-16-22(26)27;/h1-3,5,8-11,13,17-18H,4,6-7,12,14-16H2,(H,26,27);/q;+1/p-1. The SMILES string of the molecule is O=C([O-])COCC1CCCC(COC(=O)N(c2ccccc2)c2cccc(F)c2)C1.[Na+]. The Hall–Kier alpha value is -1.93. The van der Waals surface area contributed by atoms with Crippen LogP contribution in [0.5, 0.6) is 0 Å². The van der Waals surface area contributed by atoms with E-state index in [1.807, 2.05) is 6.07 Å². The van der Waals surface area contributed by atoms with Gasteiger partial charge in [0.15, 0.2) is 0 Å². The molecule has 2 atom stereocenters. The number of nitrogens with zero attached hydrogens (tertiary/aromatic N) is 1. The van der Waals surface area contributed by atoms with Crippen LogP contribution in [-0.4, -0.2) is 31.9 Å². The van der Waals surface area contributed by atoms with Crippen LogP contribution < -0.4 is 39.6 Å². The Morgan fingerprint density at radius 2 is 1.68 bits per heavy atom. The van der Waals surface area contributed by atoms with Crippen LogP contribution >= 0.6 is 0 Å². The van der Waals surface area contributed by atoms with Crippen LogP contribution in [0.25, 0.3) is 0 Å². The molecule has 1 aliphatic carbocycles. The number of carbonyl (C=O) groups excluding carboxylic acids is 2. The van der Waals surface area contributed by atoms with Crippen molar-refractivity contribution < 1.29 is 58.1 Å². The van der Waals surface area contributed by atoms with Gasteiger partial charge in [-0.15, -0.1) is 0 Å². The number of aliphatic carboxylic acids is 1. The maximum atomic E-state index is 13.7. The number of hydrogen-bond donors (Lipinski definition) is 0. The quantitative estimate of drug-likeness (QED) is 0.568. The molecular formula is C23H25FNNaO5. The Balaban J connectivity index is 0.00000341. The van der Waals surface area contributed by atoms with Crippen molar-refractivity contribution in [1.29, 1.82) is 0 Å². The zero-order valence-electron chi connectivity index (χ0n) is 17.7. The average Bonchev–Trinajstić information content (AvgIpc) is 2.73. The van der Waals surface area contributed by atoms with Gasteiger partial charge >= 0.3 is 35.7 Å². The van der Waals surface area contributed by atoms with E-state index in [1.165, 1.54) is 17.0 Å². The van der Waals surface area contributed by atoms with E-state index in [9.17, 15) is 19.1 Å². The van der Waals surface area contributed by atoms with Crippen molar-refractivity contribution in [3.8, 4) is 0 Å². The van der Waals surface area contributed by atoms with Crippen molar-refractivity contribution in [3.63, 3.8) is 0 Å². The summed E-state index contributed by atoms with van der Waals surface area (Å²) >= 11 is 0. The molecule has 0 spiro atoms. The summed E-state index contributed by atoms with van der Waals surface area (Å²) in [7, 11) is 0. The third-order valence-electron chi connectivity index (χ3n) is 5.17. The molecule has 31 heavy (non-hydrogen) atoms. The third-order valence-corrected chi connectivity index (χ3v) is 5.17. The molecule has 2 aromatic rings. The van der Waals surface area contributed by atoms with Crippen LogP contribution in [0.15, 0.2) is 54.6 Å². The summed E-state index contributed by atoms with van der Waals surface area (Å²) in [6, 6.07) is 14.8. The molecular weight excluding hydrogens is 412 g/mol. The molecule has 6 nitrogen and oxygen atoms in total. The molecule has 0 bridgehead atoms. The molecule has 1 amide bonds. The molecule has 0 aromatic heterocycles. The third kappa shape index (κ3) is 7.92. The number of ether oxygens (including phenoxy) is 2. The van der Waals surface area contributed by atoms with Crippen molar-refractivity contribution in [3.05, 3.63) is 60.4 Å². The molecule has 2 aromatic carbocycles. The first-order valence-electron chi connectivity index (χ1n) is 10.1. The van der Waals surface area contributed by atoms with Gasteiger partial charge in [-0.3, -0.25) is 0 Å². The van der Waals surface area contributed by atoms with E-state index in [-0.39, 0.29) is 48.0 Å². The molecule has 0 heterocycles. The van der Waals surface area contributed by atoms with Crippen LogP contribution in [0.3, 0.4) is 0 Å². The fourth-order valence-electron chi connectivity index (χ4n) is 3.82. The second kappa shape index (κ2) is 12.8. The predicted molar refractivity (Wildman–Crippen MR) is 108 cm³/mol. The molecule has 0 N–H and O–H groups in total. The van der Waals surface area contributed by atoms with Gasteiger partial charge in [-0.2, -0.15) is 0 Å². The minimum atomic E-state index is -1.23. The summed E-state index contributed by atoms with van der Waals surface area (Å²) in [5, 5.41) is 10.5. The molecule has 2 unspecified atom stereocenters. The van der Waals surface area contributed by atoms with Crippen LogP contribution in [0, 0.1) is 17.7 Å². The first kappa shape index (κ1) is 25.3. The number of carboxylic acid groups (broad SMARTS) is 1. The molecule has 1 saturated carbocycles. The van der Waals surface area contributed by atoms with E-state index in [0.29, 0.717) is 18.0 Å². The Labute approximate surface area is 203 Å². The van der Waals surface area contributed by atoms with Crippen molar-refractivity contribution >= 4 is 23.4 Å². The van der Waals surface area contributed by atoms with Gasteiger partial charge in [0.25, 0.3) is 0 Å². The molecule has 8 heteroatoms. The topological polar surface area (TPSA) is 78.9 Å². The molecule has 0 saturated heterocycles. The van der Waals surface area contributed by atoms with Crippen LogP contribution in [-0.2, 0) is 14.3 Å². The maximum absolute atomic E-state index is 13.7. The fourth-order valence-corrected chi connectivity index (χ4v) is 3.82. The van der Waals surface area contributed by atoms with E-state index in [0.717, 1.165) is 25.7 Å². The molecule has 160 valence electrons. The fraction of sp³-hybridized carbons (Fsp3) is 0.391. The zero-order valence-corrected chi connectivity index (χ0v) is 19.7. The summed E-state index contributed by atoms with van der Waals surface area (Å²) in [5.41, 5.74) is 0.980. The summed E-state index contributed by atoms with van der Waals surface area (Å²) in [6.07, 6.45) is 3.08. The first-order valence-corrected chi connectivity index (χ1v) is 10.1.